The Balaban J connectivity index is 0.000000192. The molecule has 6 heteroatoms. The summed E-state index contributed by atoms with van der Waals surface area (Å²) >= 11 is 0. The predicted octanol–water partition coefficient (Wildman–Crippen LogP) is 10.7. The second-order valence-corrected chi connectivity index (χ2v) is 18.5. The first-order valence-corrected chi connectivity index (χ1v) is 17.7. The molecule has 1 N–H and O–H groups in total. The Morgan fingerprint density at radius 2 is 1.40 bits per heavy atom. The zero-order chi connectivity index (χ0) is 34.3. The number of para-hydroxylation sites is 1. The minimum atomic E-state index is -0.158. The van der Waals surface area contributed by atoms with E-state index in [0.717, 1.165) is 35.7 Å². The zero-order valence-electron chi connectivity index (χ0n) is 31.3. The predicted molar refractivity (Wildman–Crippen MR) is 204 cm³/mol. The Morgan fingerprint density at radius 1 is 0.771 bits per heavy atom. The average molecular weight is 651 g/mol. The summed E-state index contributed by atoms with van der Waals surface area (Å²) in [5.74, 6) is 3.08. The number of benzene rings is 2. The van der Waals surface area contributed by atoms with Crippen molar-refractivity contribution in [2.75, 3.05) is 4.90 Å². The third-order valence-electron chi connectivity index (χ3n) is 10.9. The Morgan fingerprint density at radius 3 is 2.00 bits per heavy atom. The molecule has 0 radical (unpaired) electrons. The number of nitrogens with one attached hydrogen (secondary N) is 1. The maximum atomic E-state index is 4.65. The van der Waals surface area contributed by atoms with Gasteiger partial charge in [-0.2, -0.15) is 5.10 Å². The van der Waals surface area contributed by atoms with Crippen molar-refractivity contribution in [2.45, 2.75) is 128 Å². The van der Waals surface area contributed by atoms with Crippen LogP contribution in [0.2, 0.25) is 0 Å². The number of hydrogen-bond acceptors (Lipinski definition) is 5. The number of allylic oxidation sites excluding steroid dienone is 2. The number of nitrogens with zero attached hydrogens (tertiary/aromatic N) is 5. The minimum Gasteiger partial charge on any atom is -0.362 e. The Bertz CT molecular complexity index is 1710. The molecule has 3 heterocycles. The van der Waals surface area contributed by atoms with E-state index >= 15 is 0 Å². The van der Waals surface area contributed by atoms with E-state index < -0.39 is 0 Å². The highest BCUT2D eigenvalue weighted by molar-refractivity contribution is 5.89. The maximum absolute atomic E-state index is 4.65. The van der Waals surface area contributed by atoms with E-state index in [4.69, 9.17) is 0 Å². The van der Waals surface area contributed by atoms with E-state index in [1.54, 1.807) is 5.57 Å². The molecule has 48 heavy (non-hydrogen) atoms. The highest BCUT2D eigenvalue weighted by Gasteiger charge is 2.55. The van der Waals surface area contributed by atoms with Gasteiger partial charge in [0.15, 0.2) is 0 Å². The van der Waals surface area contributed by atoms with Crippen LogP contribution >= 0.6 is 0 Å². The maximum Gasteiger partial charge on any atom is 0.121 e. The van der Waals surface area contributed by atoms with E-state index in [0.29, 0.717) is 11.3 Å². The Hall–Kier alpha value is -3.41. The molecule has 4 aliphatic rings. The van der Waals surface area contributed by atoms with Crippen molar-refractivity contribution in [1.29, 1.82) is 0 Å². The lowest BCUT2D eigenvalue weighted by Gasteiger charge is -2.42. The zero-order valence-corrected chi connectivity index (χ0v) is 31.3. The van der Waals surface area contributed by atoms with Crippen LogP contribution in [0.4, 0.5) is 5.69 Å². The molecule has 6 nitrogen and oxygen atoms in total. The molecule has 1 aromatic heterocycles. The minimum absolute atomic E-state index is 0. The molecule has 260 valence electrons. The second-order valence-electron chi connectivity index (χ2n) is 18.5. The summed E-state index contributed by atoms with van der Waals surface area (Å²) in [6, 6.07) is 17.2. The molecule has 0 spiro atoms. The Labute approximate surface area is 291 Å². The molecule has 4 atom stereocenters. The molecule has 4 unspecified atom stereocenters. The summed E-state index contributed by atoms with van der Waals surface area (Å²) in [6.45, 7) is 30.6. The van der Waals surface area contributed by atoms with Crippen LogP contribution in [-0.2, 0) is 12.1 Å². The van der Waals surface area contributed by atoms with Crippen LogP contribution in [0.25, 0.3) is 22.5 Å². The fourth-order valence-corrected chi connectivity index (χ4v) is 8.75. The van der Waals surface area contributed by atoms with E-state index in [-0.39, 0.29) is 23.9 Å². The number of aromatic nitrogens is 3. The molecule has 0 saturated heterocycles. The van der Waals surface area contributed by atoms with Crippen molar-refractivity contribution < 1.29 is 0 Å². The summed E-state index contributed by atoms with van der Waals surface area (Å²) in [7, 11) is 0. The van der Waals surface area contributed by atoms with Crippen molar-refractivity contribution in [3.63, 3.8) is 0 Å². The largest absolute Gasteiger partial charge is 0.362 e. The van der Waals surface area contributed by atoms with Crippen LogP contribution in [0.1, 0.15) is 116 Å². The number of hydrogen-bond donors (Lipinski definition) is 1. The fourth-order valence-electron chi connectivity index (χ4n) is 8.75. The van der Waals surface area contributed by atoms with Gasteiger partial charge in [-0.25, -0.2) is 4.68 Å². The van der Waals surface area contributed by atoms with Gasteiger partial charge in [0.25, 0.3) is 0 Å². The van der Waals surface area contributed by atoms with Crippen molar-refractivity contribution in [3.8, 4) is 22.5 Å². The van der Waals surface area contributed by atoms with Gasteiger partial charge in [-0.1, -0.05) is 96.6 Å². The molecule has 2 aliphatic heterocycles. The molecule has 3 aromatic rings. The van der Waals surface area contributed by atoms with E-state index in [2.05, 4.69) is 169 Å². The van der Waals surface area contributed by atoms with E-state index in [9.17, 15) is 0 Å². The molecule has 2 aromatic carbocycles. The average Bonchev–Trinajstić information content (AvgIpc) is 3.68. The highest BCUT2D eigenvalue weighted by atomic mass is 15.5. The normalized spacial score (nSPS) is 23.3. The lowest BCUT2D eigenvalue weighted by molar-refractivity contribution is 0.177. The topological polar surface area (TPSA) is 58.3 Å². The van der Waals surface area contributed by atoms with Crippen molar-refractivity contribution >= 4 is 11.4 Å². The highest BCUT2D eigenvalue weighted by Crippen LogP contribution is 2.62. The summed E-state index contributed by atoms with van der Waals surface area (Å²) in [4.78, 5) is 2.49. The van der Waals surface area contributed by atoms with E-state index in [1.165, 1.54) is 46.6 Å². The standard InChI is InChI=1S/C23H28N4.C18H30N2.CH4/c1-22(2,3)26-15-16-11-7-8-12-17(16)20-21(18-13-9-10-14-19(18)26)27(25-24-20)23(4,5)6;1-10-14-11-8-12(13(9-11)17(2,3)4)15(14)16(20-19-10)18(5,6)7;/h7-14H,15H2,1-6H3;11-14,20H,8-9H2,1-7H3;1H4. The van der Waals surface area contributed by atoms with Gasteiger partial charge in [0, 0.05) is 51.6 Å². The van der Waals surface area contributed by atoms with Gasteiger partial charge in [0.05, 0.1) is 11.2 Å². The molecular weight excluding hydrogens is 589 g/mol. The first-order valence-electron chi connectivity index (χ1n) is 17.7. The lowest BCUT2D eigenvalue weighted by Crippen LogP contribution is -2.41. The lowest BCUT2D eigenvalue weighted by atomic mass is 9.65. The van der Waals surface area contributed by atoms with Gasteiger partial charge in [-0.05, 0) is 102 Å². The first-order chi connectivity index (χ1) is 21.8. The molecule has 2 aliphatic carbocycles. The van der Waals surface area contributed by atoms with Gasteiger partial charge in [-0.3, -0.25) is 5.43 Å². The molecule has 2 bridgehead atoms. The molecule has 7 rings (SSSR count). The number of hydrazone groups is 1. The van der Waals surface area contributed by atoms with Crippen LogP contribution in [-0.4, -0.2) is 26.2 Å². The molecular formula is C42H62N6. The Kier molecular flexibility index (Phi) is 9.10. The van der Waals surface area contributed by atoms with Crippen LogP contribution in [0.15, 0.2) is 64.9 Å². The molecule has 2 fully saturated rings. The van der Waals surface area contributed by atoms with Crippen LogP contribution < -0.4 is 10.3 Å². The van der Waals surface area contributed by atoms with Gasteiger partial charge in [0.2, 0.25) is 0 Å². The summed E-state index contributed by atoms with van der Waals surface area (Å²) in [6.07, 6.45) is 2.78. The molecule has 2 saturated carbocycles. The SMILES string of the molecule is C.CC(C)(C)N1Cc2ccccc2-c2nnn(C(C)(C)C)c2-c2ccccc21.CC1=NNC(C(C)(C)C)=C2C3CC(CC3C(C)(C)C)C12. The quantitative estimate of drug-likeness (QED) is 0.263. The van der Waals surface area contributed by atoms with Crippen LogP contribution in [0, 0.1) is 34.5 Å². The van der Waals surface area contributed by atoms with Gasteiger partial charge >= 0.3 is 0 Å². The first kappa shape index (κ1) is 35.9. The van der Waals surface area contributed by atoms with Crippen LogP contribution in [0.3, 0.4) is 0 Å². The smallest absolute Gasteiger partial charge is 0.121 e. The summed E-state index contributed by atoms with van der Waals surface area (Å²) in [5.41, 5.74) is 15.2. The monoisotopic (exact) mass is 651 g/mol. The number of fused-ring (bicyclic) bond motifs is 10. The summed E-state index contributed by atoms with van der Waals surface area (Å²) < 4.78 is 2.07. The molecule has 0 amide bonds. The van der Waals surface area contributed by atoms with Crippen LogP contribution in [0.5, 0.6) is 0 Å². The number of rotatable bonds is 0. The third-order valence-corrected chi connectivity index (χ3v) is 10.9. The van der Waals surface area contributed by atoms with E-state index in [1.807, 2.05) is 0 Å². The van der Waals surface area contributed by atoms with Gasteiger partial charge in [0.1, 0.15) is 5.69 Å². The van der Waals surface area contributed by atoms with Crippen molar-refractivity contribution in [3.05, 3.63) is 65.4 Å². The van der Waals surface area contributed by atoms with Crippen molar-refractivity contribution in [2.24, 2.45) is 39.6 Å². The third kappa shape index (κ3) is 6.25. The summed E-state index contributed by atoms with van der Waals surface area (Å²) in [5, 5.41) is 13.9. The second kappa shape index (κ2) is 12.2. The van der Waals surface area contributed by atoms with Gasteiger partial charge < -0.3 is 4.90 Å². The van der Waals surface area contributed by atoms with Gasteiger partial charge in [-0.15, -0.1) is 5.10 Å². The van der Waals surface area contributed by atoms with Crippen molar-refractivity contribution in [1.82, 2.24) is 20.4 Å². The fraction of sp³-hybridized carbons (Fsp3) is 0.595. The number of anilines is 1.